The molecule has 6 rings (SSSR count). The van der Waals surface area contributed by atoms with Crippen molar-refractivity contribution in [3.05, 3.63) is 71.8 Å². The lowest BCUT2D eigenvalue weighted by atomic mass is 9.99. The zero-order valence-corrected chi connectivity index (χ0v) is 23.8. The molecule has 0 bridgehead atoms. The molecular formula is C31H31N5O7. The van der Waals surface area contributed by atoms with E-state index in [1.54, 1.807) is 49.6 Å². The summed E-state index contributed by atoms with van der Waals surface area (Å²) < 4.78 is 23.7. The summed E-state index contributed by atoms with van der Waals surface area (Å²) in [5.74, 6) is 0.0757. The summed E-state index contributed by atoms with van der Waals surface area (Å²) in [7, 11) is 1.55. The molecule has 2 amide bonds. The van der Waals surface area contributed by atoms with Crippen LogP contribution in [0.2, 0.25) is 0 Å². The van der Waals surface area contributed by atoms with E-state index in [0.29, 0.717) is 40.5 Å². The summed E-state index contributed by atoms with van der Waals surface area (Å²) >= 11 is 0. The highest BCUT2D eigenvalue weighted by Crippen LogP contribution is 2.41. The van der Waals surface area contributed by atoms with Crippen molar-refractivity contribution in [3.63, 3.8) is 0 Å². The van der Waals surface area contributed by atoms with Crippen LogP contribution in [0.4, 0.5) is 5.69 Å². The molecular weight excluding hydrogens is 554 g/mol. The molecule has 0 radical (unpaired) electrons. The number of hydrogen-bond donors (Lipinski definition) is 1. The van der Waals surface area contributed by atoms with Gasteiger partial charge in [-0.05, 0) is 55.7 Å². The van der Waals surface area contributed by atoms with Gasteiger partial charge in [-0.25, -0.2) is 4.68 Å². The van der Waals surface area contributed by atoms with Gasteiger partial charge in [0.2, 0.25) is 18.6 Å². The van der Waals surface area contributed by atoms with E-state index in [-0.39, 0.29) is 43.0 Å². The standard InChI is InChI=1S/C31H31N5O7/c1-19(37)23-14-27-28(43-18-42-27)15-26(23)36(29(38)17-35-25-8-4-3-7-24(25)33-34-35)30(20-9-11-21(40-2)12-10-20)31(39)32-16-22-6-5-13-41-22/h3-4,7-12,14-15,22,30H,5-6,13,16-18H2,1-2H3,(H,32,39). The maximum absolute atomic E-state index is 14.5. The number of carbonyl (C=O) groups is 3. The number of ether oxygens (including phenoxy) is 4. The third kappa shape index (κ3) is 5.73. The molecule has 0 saturated carbocycles. The Morgan fingerprint density at radius 3 is 2.58 bits per heavy atom. The van der Waals surface area contributed by atoms with Crippen LogP contribution in [0, 0.1) is 0 Å². The van der Waals surface area contributed by atoms with Crippen molar-refractivity contribution in [2.75, 3.05) is 32.0 Å². The lowest BCUT2D eigenvalue weighted by molar-refractivity contribution is -0.127. The van der Waals surface area contributed by atoms with Crippen LogP contribution in [0.1, 0.15) is 41.7 Å². The largest absolute Gasteiger partial charge is 0.497 e. The van der Waals surface area contributed by atoms with Gasteiger partial charge in [-0.2, -0.15) is 0 Å². The van der Waals surface area contributed by atoms with Gasteiger partial charge in [0.1, 0.15) is 23.9 Å². The number of ketones is 1. The molecule has 4 aromatic rings. The molecule has 12 heteroatoms. The molecule has 0 spiro atoms. The van der Waals surface area contributed by atoms with Gasteiger partial charge < -0.3 is 24.3 Å². The van der Waals surface area contributed by atoms with Crippen LogP contribution in [-0.2, 0) is 20.9 Å². The van der Waals surface area contributed by atoms with Crippen LogP contribution >= 0.6 is 0 Å². The molecule has 12 nitrogen and oxygen atoms in total. The molecule has 2 aliphatic heterocycles. The van der Waals surface area contributed by atoms with E-state index in [1.807, 2.05) is 18.2 Å². The fourth-order valence-corrected chi connectivity index (χ4v) is 5.39. The second-order valence-electron chi connectivity index (χ2n) is 10.3. The normalized spacial score (nSPS) is 16.2. The van der Waals surface area contributed by atoms with Crippen molar-refractivity contribution in [2.24, 2.45) is 0 Å². The first kappa shape index (κ1) is 28.2. The van der Waals surface area contributed by atoms with E-state index in [4.69, 9.17) is 18.9 Å². The molecule has 1 aromatic heterocycles. The lowest BCUT2D eigenvalue weighted by Crippen LogP contribution is -2.47. The molecule has 3 aromatic carbocycles. The fourth-order valence-electron chi connectivity index (χ4n) is 5.39. The Morgan fingerprint density at radius 1 is 1.09 bits per heavy atom. The Kier molecular flexibility index (Phi) is 7.93. The zero-order valence-electron chi connectivity index (χ0n) is 23.8. The molecule has 1 fully saturated rings. The first-order chi connectivity index (χ1) is 20.9. The third-order valence-corrected chi connectivity index (χ3v) is 7.57. The second-order valence-corrected chi connectivity index (χ2v) is 10.3. The highest BCUT2D eigenvalue weighted by atomic mass is 16.7. The number of benzene rings is 3. The van der Waals surface area contributed by atoms with Crippen LogP contribution in [0.5, 0.6) is 17.2 Å². The van der Waals surface area contributed by atoms with E-state index in [9.17, 15) is 14.4 Å². The molecule has 1 saturated heterocycles. The van der Waals surface area contributed by atoms with E-state index in [1.165, 1.54) is 16.5 Å². The highest BCUT2D eigenvalue weighted by molar-refractivity contribution is 6.08. The van der Waals surface area contributed by atoms with Gasteiger partial charge in [-0.1, -0.05) is 29.5 Å². The van der Waals surface area contributed by atoms with Crippen molar-refractivity contribution < 1.29 is 33.3 Å². The van der Waals surface area contributed by atoms with E-state index in [0.717, 1.165) is 12.8 Å². The number of anilines is 1. The van der Waals surface area contributed by atoms with Gasteiger partial charge in [0.05, 0.1) is 24.4 Å². The van der Waals surface area contributed by atoms with Crippen molar-refractivity contribution in [1.82, 2.24) is 20.3 Å². The SMILES string of the molecule is COc1ccc(C(C(=O)NCC2CCCO2)N(C(=O)Cn2nnc3ccccc32)c2cc3c(cc2C(C)=O)OCO3)cc1. The van der Waals surface area contributed by atoms with Gasteiger partial charge in [-0.15, -0.1) is 5.10 Å². The topological polar surface area (TPSA) is 134 Å². The number of nitrogens with one attached hydrogen (secondary N) is 1. The van der Waals surface area contributed by atoms with Gasteiger partial charge >= 0.3 is 0 Å². The van der Waals surface area contributed by atoms with E-state index >= 15 is 0 Å². The molecule has 2 atom stereocenters. The Hall–Kier alpha value is -4.97. The van der Waals surface area contributed by atoms with Crippen molar-refractivity contribution in [2.45, 2.75) is 38.5 Å². The maximum Gasteiger partial charge on any atom is 0.249 e. The monoisotopic (exact) mass is 585 g/mol. The molecule has 222 valence electrons. The number of fused-ring (bicyclic) bond motifs is 2. The first-order valence-electron chi connectivity index (χ1n) is 14.0. The minimum atomic E-state index is -1.17. The number of hydrogen-bond acceptors (Lipinski definition) is 9. The van der Waals surface area contributed by atoms with Crippen molar-refractivity contribution in [1.29, 1.82) is 0 Å². The minimum absolute atomic E-state index is 0.0290. The summed E-state index contributed by atoms with van der Waals surface area (Å²) in [6, 6.07) is 16.1. The number of carbonyl (C=O) groups excluding carboxylic acids is 3. The van der Waals surface area contributed by atoms with Gasteiger partial charge in [0.15, 0.2) is 17.3 Å². The molecule has 1 N–H and O–H groups in total. The number of aromatic nitrogens is 3. The fraction of sp³-hybridized carbons (Fsp3) is 0.323. The van der Waals surface area contributed by atoms with Crippen LogP contribution < -0.4 is 24.4 Å². The number of Topliss-reactive ketones (excluding diaryl/α,β-unsaturated/α-hetero) is 1. The third-order valence-electron chi connectivity index (χ3n) is 7.57. The molecule has 0 aliphatic carbocycles. The van der Waals surface area contributed by atoms with Crippen molar-refractivity contribution >= 4 is 34.3 Å². The highest BCUT2D eigenvalue weighted by Gasteiger charge is 2.37. The second kappa shape index (κ2) is 12.1. The quantitative estimate of drug-likeness (QED) is 0.278. The summed E-state index contributed by atoms with van der Waals surface area (Å²) in [4.78, 5) is 42.9. The predicted octanol–water partition coefficient (Wildman–Crippen LogP) is 3.44. The summed E-state index contributed by atoms with van der Waals surface area (Å²) in [6.07, 6.45) is 1.62. The summed E-state index contributed by atoms with van der Waals surface area (Å²) in [6.45, 7) is 2.03. The Labute approximate surface area is 247 Å². The Balaban J connectivity index is 1.47. The summed E-state index contributed by atoms with van der Waals surface area (Å²) in [5, 5.41) is 11.3. The van der Waals surface area contributed by atoms with E-state index < -0.39 is 17.9 Å². The Morgan fingerprint density at radius 2 is 1.86 bits per heavy atom. The number of methoxy groups -OCH3 is 1. The smallest absolute Gasteiger partial charge is 0.249 e. The average molecular weight is 586 g/mol. The van der Waals surface area contributed by atoms with Gasteiger partial charge in [0, 0.05) is 24.8 Å². The number of rotatable bonds is 10. The van der Waals surface area contributed by atoms with Crippen LogP contribution in [-0.4, -0.2) is 65.7 Å². The molecule has 3 heterocycles. The van der Waals surface area contributed by atoms with Gasteiger partial charge in [0.25, 0.3) is 0 Å². The number of para-hydroxylation sites is 1. The van der Waals surface area contributed by atoms with Crippen LogP contribution in [0.3, 0.4) is 0 Å². The summed E-state index contributed by atoms with van der Waals surface area (Å²) in [5.41, 5.74) is 2.19. The maximum atomic E-state index is 14.5. The first-order valence-corrected chi connectivity index (χ1v) is 14.0. The van der Waals surface area contributed by atoms with Crippen molar-refractivity contribution in [3.8, 4) is 17.2 Å². The number of amides is 2. The minimum Gasteiger partial charge on any atom is -0.497 e. The van der Waals surface area contributed by atoms with Crippen LogP contribution in [0.25, 0.3) is 11.0 Å². The number of nitrogens with zero attached hydrogens (tertiary/aromatic N) is 4. The average Bonchev–Trinajstić information content (AvgIpc) is 3.80. The molecule has 2 unspecified atom stereocenters. The molecule has 43 heavy (non-hydrogen) atoms. The predicted molar refractivity (Wildman–Crippen MR) is 155 cm³/mol. The van der Waals surface area contributed by atoms with Crippen LogP contribution in [0.15, 0.2) is 60.7 Å². The zero-order chi connectivity index (χ0) is 29.9. The van der Waals surface area contributed by atoms with Gasteiger partial charge in [-0.3, -0.25) is 19.3 Å². The Bertz CT molecular complexity index is 1660. The lowest BCUT2D eigenvalue weighted by Gasteiger charge is -2.33. The van der Waals surface area contributed by atoms with E-state index in [2.05, 4.69) is 15.6 Å². The molecule has 2 aliphatic rings.